The van der Waals surface area contributed by atoms with Crippen LogP contribution in [0.1, 0.15) is 19.3 Å². The Morgan fingerprint density at radius 1 is 1.11 bits per heavy atom. The van der Waals surface area contributed by atoms with Crippen molar-refractivity contribution in [2.75, 3.05) is 11.9 Å². The molecule has 4 heteroatoms. The van der Waals surface area contributed by atoms with Crippen LogP contribution >= 0.6 is 15.9 Å². The summed E-state index contributed by atoms with van der Waals surface area (Å²) >= 11 is 3.55. The standard InChI is InChI=1S/C15H16BrNO2/c16-13-8-9-14(12-6-2-1-5-11(12)13)17-10-4-3-7-15(18)19/h1-2,5-6,8-9,17H,3-4,7,10H2,(H,18,19). The summed E-state index contributed by atoms with van der Waals surface area (Å²) in [6, 6.07) is 12.3. The topological polar surface area (TPSA) is 49.3 Å². The highest BCUT2D eigenvalue weighted by Crippen LogP contribution is 2.29. The number of halogens is 1. The number of hydrogen-bond donors (Lipinski definition) is 2. The number of carboxylic acid groups (broad SMARTS) is 1. The van der Waals surface area contributed by atoms with Crippen LogP contribution in [0, 0.1) is 0 Å². The molecule has 0 spiro atoms. The second kappa shape index (κ2) is 6.57. The number of unbranched alkanes of at least 4 members (excludes halogenated alkanes) is 1. The first-order chi connectivity index (χ1) is 9.18. The Morgan fingerprint density at radius 3 is 2.58 bits per heavy atom. The van der Waals surface area contributed by atoms with E-state index >= 15 is 0 Å². The van der Waals surface area contributed by atoms with Gasteiger partial charge in [-0.2, -0.15) is 0 Å². The monoisotopic (exact) mass is 321 g/mol. The highest BCUT2D eigenvalue weighted by Gasteiger charge is 2.03. The van der Waals surface area contributed by atoms with Gasteiger partial charge in [0.2, 0.25) is 0 Å². The molecule has 3 nitrogen and oxygen atoms in total. The highest BCUT2D eigenvalue weighted by atomic mass is 79.9. The fourth-order valence-electron chi connectivity index (χ4n) is 2.04. The van der Waals surface area contributed by atoms with E-state index in [9.17, 15) is 4.79 Å². The van der Waals surface area contributed by atoms with Gasteiger partial charge in [-0.3, -0.25) is 4.79 Å². The van der Waals surface area contributed by atoms with Gasteiger partial charge >= 0.3 is 5.97 Å². The third kappa shape index (κ3) is 3.70. The maximum atomic E-state index is 10.4. The van der Waals surface area contributed by atoms with Gasteiger partial charge in [-0.15, -0.1) is 0 Å². The molecule has 0 atom stereocenters. The maximum absolute atomic E-state index is 10.4. The molecule has 0 heterocycles. The van der Waals surface area contributed by atoms with E-state index in [1.807, 2.05) is 24.3 Å². The van der Waals surface area contributed by atoms with Crippen molar-refractivity contribution in [3.8, 4) is 0 Å². The molecular weight excluding hydrogens is 306 g/mol. The maximum Gasteiger partial charge on any atom is 0.303 e. The Bertz CT molecular complexity index is 583. The van der Waals surface area contributed by atoms with Gasteiger partial charge in [0, 0.05) is 28.5 Å². The Morgan fingerprint density at radius 2 is 1.84 bits per heavy atom. The minimum absolute atomic E-state index is 0.239. The summed E-state index contributed by atoms with van der Waals surface area (Å²) in [7, 11) is 0. The second-order valence-corrected chi connectivity index (χ2v) is 5.27. The van der Waals surface area contributed by atoms with Crippen molar-refractivity contribution in [1.82, 2.24) is 0 Å². The van der Waals surface area contributed by atoms with Crippen LogP contribution in [0.2, 0.25) is 0 Å². The molecule has 0 amide bonds. The molecule has 0 unspecified atom stereocenters. The molecule has 0 aliphatic rings. The van der Waals surface area contributed by atoms with Crippen LogP contribution in [0.3, 0.4) is 0 Å². The Kier molecular flexibility index (Phi) is 4.80. The quantitative estimate of drug-likeness (QED) is 0.781. The smallest absolute Gasteiger partial charge is 0.303 e. The van der Waals surface area contributed by atoms with Crippen LogP contribution in [0.15, 0.2) is 40.9 Å². The van der Waals surface area contributed by atoms with E-state index in [0.29, 0.717) is 6.42 Å². The number of benzene rings is 2. The number of hydrogen-bond acceptors (Lipinski definition) is 2. The van der Waals surface area contributed by atoms with Gasteiger partial charge < -0.3 is 10.4 Å². The fourth-order valence-corrected chi connectivity index (χ4v) is 2.52. The predicted molar refractivity (Wildman–Crippen MR) is 81.6 cm³/mol. The predicted octanol–water partition coefficient (Wildman–Crippen LogP) is 4.27. The Labute approximate surface area is 120 Å². The third-order valence-electron chi connectivity index (χ3n) is 3.00. The molecule has 0 bridgehead atoms. The van der Waals surface area contributed by atoms with Crippen LogP contribution in [0.4, 0.5) is 5.69 Å². The first-order valence-corrected chi connectivity index (χ1v) is 7.10. The summed E-state index contributed by atoms with van der Waals surface area (Å²) in [5.41, 5.74) is 1.09. The lowest BCUT2D eigenvalue weighted by Gasteiger charge is -2.10. The fraction of sp³-hybridized carbons (Fsp3) is 0.267. The summed E-state index contributed by atoms with van der Waals surface area (Å²) < 4.78 is 1.08. The lowest BCUT2D eigenvalue weighted by molar-refractivity contribution is -0.137. The zero-order valence-corrected chi connectivity index (χ0v) is 12.1. The molecule has 0 aromatic heterocycles. The first-order valence-electron chi connectivity index (χ1n) is 6.31. The zero-order chi connectivity index (χ0) is 13.7. The van der Waals surface area contributed by atoms with Gasteiger partial charge in [0.15, 0.2) is 0 Å². The SMILES string of the molecule is O=C(O)CCCCNc1ccc(Br)c2ccccc12. The molecule has 100 valence electrons. The molecular formula is C15H16BrNO2. The lowest BCUT2D eigenvalue weighted by Crippen LogP contribution is -2.03. The van der Waals surface area contributed by atoms with E-state index in [1.54, 1.807) is 0 Å². The molecule has 0 aliphatic carbocycles. The molecule has 0 fully saturated rings. The molecule has 2 aromatic carbocycles. The summed E-state index contributed by atoms with van der Waals surface area (Å²) in [6.45, 7) is 0.791. The number of anilines is 1. The number of nitrogens with one attached hydrogen (secondary N) is 1. The van der Waals surface area contributed by atoms with Crippen LogP contribution < -0.4 is 5.32 Å². The first kappa shape index (κ1) is 13.9. The van der Waals surface area contributed by atoms with Crippen LogP contribution in [0.5, 0.6) is 0 Å². The van der Waals surface area contributed by atoms with Crippen LogP contribution in [-0.2, 0) is 4.79 Å². The molecule has 0 radical (unpaired) electrons. The number of aliphatic carboxylic acids is 1. The number of fused-ring (bicyclic) bond motifs is 1. The van der Waals surface area contributed by atoms with E-state index in [0.717, 1.165) is 23.1 Å². The van der Waals surface area contributed by atoms with E-state index in [2.05, 4.69) is 33.4 Å². The third-order valence-corrected chi connectivity index (χ3v) is 3.70. The summed E-state index contributed by atoms with van der Waals surface area (Å²) in [4.78, 5) is 10.4. The van der Waals surface area contributed by atoms with Gasteiger partial charge in [0.25, 0.3) is 0 Å². The molecule has 2 aromatic rings. The number of carbonyl (C=O) groups is 1. The molecule has 0 saturated heterocycles. The number of rotatable bonds is 6. The van der Waals surface area contributed by atoms with Gasteiger partial charge in [-0.1, -0.05) is 40.2 Å². The molecule has 19 heavy (non-hydrogen) atoms. The van der Waals surface area contributed by atoms with Gasteiger partial charge in [-0.25, -0.2) is 0 Å². The average molecular weight is 322 g/mol. The van der Waals surface area contributed by atoms with Gasteiger partial charge in [0.05, 0.1) is 0 Å². The van der Waals surface area contributed by atoms with E-state index in [1.165, 1.54) is 10.8 Å². The van der Waals surface area contributed by atoms with E-state index in [4.69, 9.17) is 5.11 Å². The lowest BCUT2D eigenvalue weighted by atomic mass is 10.1. The van der Waals surface area contributed by atoms with Crippen molar-refractivity contribution in [3.63, 3.8) is 0 Å². The van der Waals surface area contributed by atoms with Crippen molar-refractivity contribution in [1.29, 1.82) is 0 Å². The van der Waals surface area contributed by atoms with Crippen LogP contribution in [0.25, 0.3) is 10.8 Å². The molecule has 2 N–H and O–H groups in total. The average Bonchev–Trinajstić information content (AvgIpc) is 2.41. The second-order valence-electron chi connectivity index (χ2n) is 4.42. The highest BCUT2D eigenvalue weighted by molar-refractivity contribution is 9.10. The van der Waals surface area contributed by atoms with Crippen molar-refractivity contribution in [2.24, 2.45) is 0 Å². The molecule has 0 saturated carbocycles. The summed E-state index contributed by atoms with van der Waals surface area (Å²) in [6.07, 6.45) is 1.80. The van der Waals surface area contributed by atoms with E-state index in [-0.39, 0.29) is 6.42 Å². The Balaban J connectivity index is 2.01. The minimum atomic E-state index is -0.728. The normalized spacial score (nSPS) is 10.6. The Hall–Kier alpha value is -1.55. The van der Waals surface area contributed by atoms with Gasteiger partial charge in [-0.05, 0) is 30.4 Å². The van der Waals surface area contributed by atoms with Crippen molar-refractivity contribution in [3.05, 3.63) is 40.9 Å². The summed E-state index contributed by atoms with van der Waals surface area (Å²) in [5.74, 6) is -0.728. The van der Waals surface area contributed by atoms with E-state index < -0.39 is 5.97 Å². The van der Waals surface area contributed by atoms with Crippen molar-refractivity contribution in [2.45, 2.75) is 19.3 Å². The number of carboxylic acids is 1. The molecule has 2 rings (SSSR count). The minimum Gasteiger partial charge on any atom is -0.481 e. The van der Waals surface area contributed by atoms with Crippen molar-refractivity contribution >= 4 is 38.4 Å². The van der Waals surface area contributed by atoms with Gasteiger partial charge in [0.1, 0.15) is 0 Å². The van der Waals surface area contributed by atoms with Crippen LogP contribution in [-0.4, -0.2) is 17.6 Å². The molecule has 0 aliphatic heterocycles. The zero-order valence-electron chi connectivity index (χ0n) is 10.5. The largest absolute Gasteiger partial charge is 0.481 e. The summed E-state index contributed by atoms with van der Waals surface area (Å²) in [5, 5.41) is 14.3. The van der Waals surface area contributed by atoms with Crippen molar-refractivity contribution < 1.29 is 9.90 Å².